The highest BCUT2D eigenvalue weighted by Gasteiger charge is 2.50. The minimum atomic E-state index is -1.12. The van der Waals surface area contributed by atoms with E-state index in [0.717, 1.165) is 12.8 Å². The van der Waals surface area contributed by atoms with Gasteiger partial charge in [0.05, 0.1) is 11.8 Å². The molecule has 0 aromatic heterocycles. The van der Waals surface area contributed by atoms with Gasteiger partial charge >= 0.3 is 11.9 Å². The maximum absolute atomic E-state index is 12.8. The molecule has 1 fully saturated rings. The fourth-order valence-electron chi connectivity index (χ4n) is 3.08. The van der Waals surface area contributed by atoms with Gasteiger partial charge in [0, 0.05) is 35.3 Å². The van der Waals surface area contributed by atoms with Crippen LogP contribution in [0.25, 0.3) is 0 Å². The third-order valence-electron chi connectivity index (χ3n) is 4.70. The van der Waals surface area contributed by atoms with Crippen molar-refractivity contribution in [2.75, 3.05) is 6.26 Å². The Labute approximate surface area is 187 Å². The van der Waals surface area contributed by atoms with Gasteiger partial charge in [-0.05, 0) is 30.7 Å². The van der Waals surface area contributed by atoms with Gasteiger partial charge in [0.1, 0.15) is 5.75 Å². The molecule has 0 aliphatic carbocycles. The summed E-state index contributed by atoms with van der Waals surface area (Å²) in [5.74, 6) is -0.999. The number of benzene rings is 1. The van der Waals surface area contributed by atoms with E-state index in [-0.39, 0.29) is 28.5 Å². The number of hydrogen-bond acceptors (Lipinski definition) is 8. The Bertz CT molecular complexity index is 913. The first-order chi connectivity index (χ1) is 14.8. The number of fused-ring (bicyclic) bond motifs is 1. The molecule has 1 aromatic rings. The number of rotatable bonds is 10. The average molecular weight is 468 g/mol. The van der Waals surface area contributed by atoms with Crippen LogP contribution < -0.4 is 4.74 Å². The van der Waals surface area contributed by atoms with E-state index in [0.29, 0.717) is 23.5 Å². The topological polar surface area (TPSA) is 99.2 Å². The van der Waals surface area contributed by atoms with Crippen molar-refractivity contribution in [3.05, 3.63) is 35.1 Å². The first-order valence-electron chi connectivity index (χ1n) is 10.0. The van der Waals surface area contributed by atoms with Crippen molar-refractivity contribution >= 4 is 40.4 Å². The predicted octanol–water partition coefficient (Wildman–Crippen LogP) is 3.29. The van der Waals surface area contributed by atoms with Gasteiger partial charge in [-0.3, -0.25) is 18.7 Å². The quantitative estimate of drug-likeness (QED) is 0.224. The average Bonchev–Trinajstić information content (AvgIpc) is 3.00. The summed E-state index contributed by atoms with van der Waals surface area (Å²) in [4.78, 5) is 38.7. The maximum atomic E-state index is 12.8. The molecule has 1 saturated heterocycles. The Kier molecular flexibility index (Phi) is 7.77. The van der Waals surface area contributed by atoms with Crippen molar-refractivity contribution in [2.24, 2.45) is 0 Å². The Morgan fingerprint density at radius 1 is 1.23 bits per heavy atom. The summed E-state index contributed by atoms with van der Waals surface area (Å²) in [5, 5.41) is 0.0204. The van der Waals surface area contributed by atoms with Crippen molar-refractivity contribution < 1.29 is 32.8 Å². The summed E-state index contributed by atoms with van der Waals surface area (Å²) in [6, 6.07) is 6.63. The minimum Gasteiger partial charge on any atom is -0.448 e. The van der Waals surface area contributed by atoms with E-state index >= 15 is 0 Å². The molecule has 3 atom stereocenters. The van der Waals surface area contributed by atoms with E-state index in [4.69, 9.17) is 14.2 Å². The molecular formula is C21H25NO7S2. The number of esters is 2. The lowest BCUT2D eigenvalue weighted by atomic mass is 10.2. The molecule has 10 heteroatoms. The fourth-order valence-corrected chi connectivity index (χ4v) is 4.84. The van der Waals surface area contributed by atoms with Crippen LogP contribution in [0.15, 0.2) is 39.9 Å². The van der Waals surface area contributed by atoms with E-state index in [1.807, 2.05) is 6.92 Å². The summed E-state index contributed by atoms with van der Waals surface area (Å²) in [6.07, 6.45) is 3.66. The van der Waals surface area contributed by atoms with E-state index in [1.165, 1.54) is 23.6 Å². The molecule has 0 bridgehead atoms. The van der Waals surface area contributed by atoms with Crippen LogP contribution in [0.1, 0.15) is 46.0 Å². The molecule has 0 spiro atoms. The Morgan fingerprint density at radius 3 is 2.55 bits per heavy atom. The lowest BCUT2D eigenvalue weighted by molar-refractivity contribution is -0.184. The van der Waals surface area contributed by atoms with E-state index in [1.54, 1.807) is 30.5 Å². The van der Waals surface area contributed by atoms with Crippen LogP contribution in [0.5, 0.6) is 5.75 Å². The Hall–Kier alpha value is -2.33. The standard InChI is InChI=1S/C21H25NO7S2/c1-4-5-6-7-18(24)27-13(2)28-20(25)19-21(30-17-12-16(23)22(17)19)29-14-8-10-15(11-9-14)31(3)26/h8-11,13,17H,4-7,12H2,1-3H3/t13-,17-,31?/m1/s1. The van der Waals surface area contributed by atoms with Crippen LogP contribution in [-0.4, -0.2) is 44.9 Å². The summed E-state index contributed by atoms with van der Waals surface area (Å²) < 4.78 is 27.8. The van der Waals surface area contributed by atoms with Gasteiger partial charge in [0.2, 0.25) is 12.2 Å². The van der Waals surface area contributed by atoms with Crippen molar-refractivity contribution in [2.45, 2.75) is 62.5 Å². The zero-order chi connectivity index (χ0) is 22.5. The normalized spacial score (nSPS) is 19.4. The molecule has 1 unspecified atom stereocenters. The first kappa shape index (κ1) is 23.3. The van der Waals surface area contributed by atoms with Crippen molar-refractivity contribution in [3.8, 4) is 5.75 Å². The highest BCUT2D eigenvalue weighted by molar-refractivity contribution is 8.03. The number of β-lactam (4-membered cyclic amide) rings is 1. The van der Waals surface area contributed by atoms with Gasteiger partial charge in [0.15, 0.2) is 10.8 Å². The van der Waals surface area contributed by atoms with Gasteiger partial charge in [-0.2, -0.15) is 0 Å². The first-order valence-corrected chi connectivity index (χ1v) is 12.5. The van der Waals surface area contributed by atoms with Crippen LogP contribution in [0, 0.1) is 0 Å². The number of hydrogen-bond donors (Lipinski definition) is 0. The number of amides is 1. The van der Waals surface area contributed by atoms with Crippen LogP contribution >= 0.6 is 11.8 Å². The lowest BCUT2D eigenvalue weighted by Crippen LogP contribution is -2.49. The molecule has 0 saturated carbocycles. The molecule has 0 N–H and O–H groups in total. The van der Waals surface area contributed by atoms with Gasteiger partial charge in [0.25, 0.3) is 0 Å². The number of nitrogens with zero attached hydrogens (tertiary/aromatic N) is 1. The molecule has 2 aliphatic heterocycles. The van der Waals surface area contributed by atoms with Crippen LogP contribution in [0.3, 0.4) is 0 Å². The largest absolute Gasteiger partial charge is 0.448 e. The molecule has 2 heterocycles. The molecular weight excluding hydrogens is 442 g/mol. The second-order valence-electron chi connectivity index (χ2n) is 7.12. The van der Waals surface area contributed by atoms with Gasteiger partial charge in [-0.15, -0.1) is 0 Å². The van der Waals surface area contributed by atoms with Crippen molar-refractivity contribution in [1.29, 1.82) is 0 Å². The third kappa shape index (κ3) is 5.68. The Morgan fingerprint density at radius 2 is 1.94 bits per heavy atom. The second-order valence-corrected chi connectivity index (χ2v) is 9.65. The van der Waals surface area contributed by atoms with Gasteiger partial charge < -0.3 is 14.2 Å². The van der Waals surface area contributed by atoms with Crippen LogP contribution in [0.2, 0.25) is 0 Å². The second kappa shape index (κ2) is 10.3. The fraction of sp³-hybridized carbons (Fsp3) is 0.476. The molecule has 3 rings (SSSR count). The third-order valence-corrected chi connectivity index (χ3v) is 6.77. The number of thioether (sulfide) groups is 1. The smallest absolute Gasteiger partial charge is 0.362 e. The SMILES string of the molecule is CCCCCC(=O)O[C@@H](C)OC(=O)C1=C(Oc2ccc(S(C)=O)cc2)S[C@@H]2CC(=O)N12. The monoisotopic (exact) mass is 467 g/mol. The number of unbranched alkanes of at least 4 members (excludes halogenated alkanes) is 2. The number of carbonyl (C=O) groups is 3. The molecule has 168 valence electrons. The zero-order valence-electron chi connectivity index (χ0n) is 17.6. The summed E-state index contributed by atoms with van der Waals surface area (Å²) in [7, 11) is -1.12. The highest BCUT2D eigenvalue weighted by Crippen LogP contribution is 2.47. The summed E-state index contributed by atoms with van der Waals surface area (Å²) >= 11 is 1.25. The summed E-state index contributed by atoms with van der Waals surface area (Å²) in [6.45, 7) is 3.49. The van der Waals surface area contributed by atoms with Gasteiger partial charge in [-0.1, -0.05) is 31.5 Å². The zero-order valence-corrected chi connectivity index (χ0v) is 19.3. The number of ether oxygens (including phenoxy) is 3. The van der Waals surface area contributed by atoms with E-state index in [9.17, 15) is 18.6 Å². The minimum absolute atomic E-state index is 0.00303. The molecule has 31 heavy (non-hydrogen) atoms. The van der Waals surface area contributed by atoms with Crippen LogP contribution in [0.4, 0.5) is 0 Å². The molecule has 1 aromatic carbocycles. The summed E-state index contributed by atoms with van der Waals surface area (Å²) in [5.41, 5.74) is 0.00303. The number of carbonyl (C=O) groups excluding carboxylic acids is 3. The van der Waals surface area contributed by atoms with Crippen molar-refractivity contribution in [1.82, 2.24) is 4.90 Å². The van der Waals surface area contributed by atoms with Gasteiger partial charge in [-0.25, -0.2) is 4.79 Å². The molecule has 8 nitrogen and oxygen atoms in total. The highest BCUT2D eigenvalue weighted by atomic mass is 32.2. The predicted molar refractivity (Wildman–Crippen MR) is 115 cm³/mol. The lowest BCUT2D eigenvalue weighted by Gasteiger charge is -2.34. The molecule has 0 radical (unpaired) electrons. The van der Waals surface area contributed by atoms with E-state index in [2.05, 4.69) is 0 Å². The van der Waals surface area contributed by atoms with Crippen LogP contribution in [-0.2, 0) is 34.7 Å². The maximum Gasteiger partial charge on any atom is 0.362 e. The van der Waals surface area contributed by atoms with E-state index < -0.39 is 29.0 Å². The molecule has 1 amide bonds. The molecule has 2 aliphatic rings. The van der Waals surface area contributed by atoms with Crippen molar-refractivity contribution in [3.63, 3.8) is 0 Å². The Balaban J connectivity index is 1.68.